The molecule has 5 heteroatoms. The summed E-state index contributed by atoms with van der Waals surface area (Å²) in [4.78, 5) is 2.45. The molecule has 0 amide bonds. The molecule has 0 radical (unpaired) electrons. The zero-order valence-electron chi connectivity index (χ0n) is 14.6. The van der Waals surface area contributed by atoms with E-state index >= 15 is 0 Å². The van der Waals surface area contributed by atoms with Gasteiger partial charge in [-0.25, -0.2) is 0 Å². The van der Waals surface area contributed by atoms with Gasteiger partial charge in [0, 0.05) is 25.6 Å². The molecule has 0 aromatic heterocycles. The number of nitrogens with zero attached hydrogens (tertiary/aromatic N) is 1. The third-order valence-electron chi connectivity index (χ3n) is 4.78. The highest BCUT2D eigenvalue weighted by Gasteiger charge is 2.32. The van der Waals surface area contributed by atoms with Crippen LogP contribution in [0.1, 0.15) is 11.5 Å². The summed E-state index contributed by atoms with van der Waals surface area (Å²) in [5.74, 6) is 2.61. The molecule has 3 rings (SSSR count). The molecule has 1 saturated heterocycles. The minimum absolute atomic E-state index is 0. The first kappa shape index (κ1) is 19.6. The molecule has 4 nitrogen and oxygen atoms in total. The van der Waals surface area contributed by atoms with Gasteiger partial charge in [-0.3, -0.25) is 4.90 Å². The summed E-state index contributed by atoms with van der Waals surface area (Å²) in [7, 11) is 1.67. The summed E-state index contributed by atoms with van der Waals surface area (Å²) in [6.07, 6.45) is 0. The van der Waals surface area contributed by atoms with Crippen LogP contribution < -0.4 is 15.2 Å². The molecule has 1 heterocycles. The van der Waals surface area contributed by atoms with Crippen molar-refractivity contribution in [1.29, 1.82) is 0 Å². The fraction of sp³-hybridized carbons (Fsp3) is 0.400. The largest absolute Gasteiger partial charge is 0.493 e. The number of halogens is 1. The fourth-order valence-electron chi connectivity index (χ4n) is 3.48. The smallest absolute Gasteiger partial charge is 0.161 e. The third kappa shape index (κ3) is 4.88. The van der Waals surface area contributed by atoms with Crippen molar-refractivity contribution in [1.82, 2.24) is 4.90 Å². The molecule has 0 bridgehead atoms. The molecule has 2 aromatic carbocycles. The summed E-state index contributed by atoms with van der Waals surface area (Å²) in [6, 6.07) is 18.5. The molecule has 1 aliphatic rings. The summed E-state index contributed by atoms with van der Waals surface area (Å²) < 4.78 is 11.2. The second-order valence-electron chi connectivity index (χ2n) is 6.27. The van der Waals surface area contributed by atoms with Gasteiger partial charge >= 0.3 is 0 Å². The average Bonchev–Trinajstić information content (AvgIpc) is 3.06. The Morgan fingerprint density at radius 3 is 2.36 bits per heavy atom. The van der Waals surface area contributed by atoms with Crippen molar-refractivity contribution in [2.24, 2.45) is 11.7 Å². The lowest BCUT2D eigenvalue weighted by Gasteiger charge is -2.17. The van der Waals surface area contributed by atoms with Crippen molar-refractivity contribution >= 4 is 12.4 Å². The summed E-state index contributed by atoms with van der Waals surface area (Å²) >= 11 is 0. The van der Waals surface area contributed by atoms with E-state index in [1.165, 1.54) is 5.56 Å². The van der Waals surface area contributed by atoms with Gasteiger partial charge in [-0.05, 0) is 30.2 Å². The normalized spacial score (nSPS) is 20.1. The van der Waals surface area contributed by atoms with Gasteiger partial charge in [0.1, 0.15) is 6.61 Å². The molecular formula is C20H27ClN2O2. The van der Waals surface area contributed by atoms with Crippen molar-refractivity contribution < 1.29 is 9.47 Å². The van der Waals surface area contributed by atoms with Crippen molar-refractivity contribution in [3.8, 4) is 11.5 Å². The van der Waals surface area contributed by atoms with Crippen LogP contribution in [0.3, 0.4) is 0 Å². The van der Waals surface area contributed by atoms with Crippen molar-refractivity contribution in [3.05, 3.63) is 60.2 Å². The van der Waals surface area contributed by atoms with Crippen molar-refractivity contribution in [3.63, 3.8) is 0 Å². The number of likely N-dealkylation sites (tertiary alicyclic amines) is 1. The molecule has 136 valence electrons. The molecule has 0 unspecified atom stereocenters. The van der Waals surface area contributed by atoms with Crippen LogP contribution in [-0.4, -0.2) is 44.8 Å². The highest BCUT2D eigenvalue weighted by atomic mass is 35.5. The second kappa shape index (κ2) is 9.66. The molecular weight excluding hydrogens is 336 g/mol. The Balaban J connectivity index is 0.00000225. The zero-order chi connectivity index (χ0) is 16.8. The van der Waals surface area contributed by atoms with Crippen molar-refractivity contribution in [2.45, 2.75) is 5.92 Å². The van der Waals surface area contributed by atoms with Crippen LogP contribution in [0.15, 0.2) is 54.6 Å². The van der Waals surface area contributed by atoms with Crippen molar-refractivity contribution in [2.75, 3.05) is 39.9 Å². The highest BCUT2D eigenvalue weighted by Crippen LogP contribution is 2.32. The van der Waals surface area contributed by atoms with Gasteiger partial charge in [0.05, 0.1) is 7.11 Å². The van der Waals surface area contributed by atoms with Gasteiger partial charge in [0.25, 0.3) is 0 Å². The van der Waals surface area contributed by atoms with E-state index in [-0.39, 0.29) is 12.4 Å². The lowest BCUT2D eigenvalue weighted by molar-refractivity contribution is 0.226. The van der Waals surface area contributed by atoms with Crippen LogP contribution in [0.25, 0.3) is 0 Å². The maximum absolute atomic E-state index is 6.01. The number of hydrogen-bond donors (Lipinski definition) is 1. The Labute approximate surface area is 156 Å². The SMILES string of the molecule is COc1ccccc1OCCN1C[C@@H](CN)[C@H](c2ccccc2)C1.Cl. The van der Waals surface area contributed by atoms with Gasteiger partial charge in [0.2, 0.25) is 0 Å². The molecule has 2 aromatic rings. The van der Waals surface area contributed by atoms with E-state index < -0.39 is 0 Å². The minimum atomic E-state index is 0. The average molecular weight is 363 g/mol. The van der Waals surface area contributed by atoms with Gasteiger partial charge in [-0.2, -0.15) is 0 Å². The molecule has 2 N–H and O–H groups in total. The first-order valence-corrected chi connectivity index (χ1v) is 8.55. The first-order valence-electron chi connectivity index (χ1n) is 8.55. The predicted octanol–water partition coefficient (Wildman–Crippen LogP) is 3.17. The van der Waals surface area contributed by atoms with Gasteiger partial charge in [0.15, 0.2) is 11.5 Å². The molecule has 1 fully saturated rings. The Bertz CT molecular complexity index is 639. The Morgan fingerprint density at radius 1 is 1.00 bits per heavy atom. The number of benzene rings is 2. The predicted molar refractivity (Wildman–Crippen MR) is 104 cm³/mol. The van der Waals surface area contributed by atoms with Crippen LogP contribution in [0, 0.1) is 5.92 Å². The van der Waals surface area contributed by atoms with E-state index in [4.69, 9.17) is 15.2 Å². The molecule has 1 aliphatic heterocycles. The Hall–Kier alpha value is -1.75. The van der Waals surface area contributed by atoms with Crippen LogP contribution in [0.5, 0.6) is 11.5 Å². The number of nitrogens with two attached hydrogens (primary N) is 1. The number of rotatable bonds is 7. The van der Waals surface area contributed by atoms with E-state index in [0.717, 1.165) is 37.7 Å². The van der Waals surface area contributed by atoms with Crippen LogP contribution >= 0.6 is 12.4 Å². The molecule has 0 spiro atoms. The Morgan fingerprint density at radius 2 is 1.68 bits per heavy atom. The van der Waals surface area contributed by atoms with E-state index in [9.17, 15) is 0 Å². The van der Waals surface area contributed by atoms with Gasteiger partial charge < -0.3 is 15.2 Å². The van der Waals surface area contributed by atoms with E-state index in [1.54, 1.807) is 7.11 Å². The molecule has 0 saturated carbocycles. The standard InChI is InChI=1S/C20H26N2O2.ClH/c1-23-19-9-5-6-10-20(19)24-12-11-22-14-17(13-21)18(15-22)16-7-3-2-4-8-16;/h2-10,17-18H,11-15,21H2,1H3;1H/t17-,18+;/m1./s1. The maximum Gasteiger partial charge on any atom is 0.161 e. The molecule has 0 aliphatic carbocycles. The summed E-state index contributed by atoms with van der Waals surface area (Å²) in [6.45, 7) is 4.35. The van der Waals surface area contributed by atoms with E-state index in [0.29, 0.717) is 18.4 Å². The topological polar surface area (TPSA) is 47.7 Å². The molecule has 2 atom stereocenters. The monoisotopic (exact) mass is 362 g/mol. The zero-order valence-corrected chi connectivity index (χ0v) is 15.5. The van der Waals surface area contributed by atoms with Crippen LogP contribution in [-0.2, 0) is 0 Å². The van der Waals surface area contributed by atoms with Gasteiger partial charge in [-0.1, -0.05) is 42.5 Å². The number of ether oxygens (including phenoxy) is 2. The summed E-state index contributed by atoms with van der Waals surface area (Å²) in [5.41, 5.74) is 7.40. The fourth-order valence-corrected chi connectivity index (χ4v) is 3.48. The van der Waals surface area contributed by atoms with Crippen LogP contribution in [0.2, 0.25) is 0 Å². The Kier molecular flexibility index (Phi) is 7.56. The number of hydrogen-bond acceptors (Lipinski definition) is 4. The van der Waals surface area contributed by atoms with E-state index in [1.807, 2.05) is 24.3 Å². The number of methoxy groups -OCH3 is 1. The highest BCUT2D eigenvalue weighted by molar-refractivity contribution is 5.85. The van der Waals surface area contributed by atoms with Gasteiger partial charge in [-0.15, -0.1) is 12.4 Å². The maximum atomic E-state index is 6.01. The number of para-hydroxylation sites is 2. The quantitative estimate of drug-likeness (QED) is 0.821. The lowest BCUT2D eigenvalue weighted by atomic mass is 9.89. The molecule has 25 heavy (non-hydrogen) atoms. The third-order valence-corrected chi connectivity index (χ3v) is 4.78. The van der Waals surface area contributed by atoms with E-state index in [2.05, 4.69) is 35.2 Å². The summed E-state index contributed by atoms with van der Waals surface area (Å²) in [5, 5.41) is 0. The second-order valence-corrected chi connectivity index (χ2v) is 6.27. The van der Waals surface area contributed by atoms with Crippen LogP contribution in [0.4, 0.5) is 0 Å². The lowest BCUT2D eigenvalue weighted by Crippen LogP contribution is -2.27. The minimum Gasteiger partial charge on any atom is -0.493 e. The first-order chi connectivity index (χ1) is 11.8.